The number of fused-ring (bicyclic) bond motifs is 1. The first-order valence-electron chi connectivity index (χ1n) is 5.77. The SMILES string of the molecule is O=C(O)c1cc2c(Nc3ccc(Br)cc3)cncc2s1. The van der Waals surface area contributed by atoms with E-state index in [4.69, 9.17) is 5.11 Å². The van der Waals surface area contributed by atoms with E-state index in [1.54, 1.807) is 18.5 Å². The summed E-state index contributed by atoms with van der Waals surface area (Å²) in [6, 6.07) is 9.42. The molecule has 4 nitrogen and oxygen atoms in total. The number of rotatable bonds is 3. The highest BCUT2D eigenvalue weighted by atomic mass is 79.9. The molecule has 3 aromatic rings. The summed E-state index contributed by atoms with van der Waals surface area (Å²) >= 11 is 4.61. The first kappa shape index (κ1) is 13.1. The van der Waals surface area contributed by atoms with E-state index in [9.17, 15) is 4.79 Å². The van der Waals surface area contributed by atoms with Crippen molar-refractivity contribution in [3.8, 4) is 0 Å². The van der Waals surface area contributed by atoms with Gasteiger partial charge in [0.05, 0.1) is 16.6 Å². The van der Waals surface area contributed by atoms with Gasteiger partial charge in [0, 0.05) is 21.7 Å². The molecule has 3 rings (SSSR count). The summed E-state index contributed by atoms with van der Waals surface area (Å²) in [6.07, 6.45) is 3.38. The Balaban J connectivity index is 2.02. The van der Waals surface area contributed by atoms with Crippen molar-refractivity contribution in [3.05, 3.63) is 52.1 Å². The molecule has 6 heteroatoms. The van der Waals surface area contributed by atoms with Crippen LogP contribution >= 0.6 is 27.3 Å². The normalized spacial score (nSPS) is 10.7. The Morgan fingerprint density at radius 1 is 1.25 bits per heavy atom. The predicted molar refractivity (Wildman–Crippen MR) is 84.0 cm³/mol. The molecule has 1 aromatic carbocycles. The molecule has 0 bridgehead atoms. The maximum Gasteiger partial charge on any atom is 0.345 e. The Hall–Kier alpha value is -1.92. The van der Waals surface area contributed by atoms with E-state index in [0.29, 0.717) is 4.88 Å². The number of aromatic carboxylic acids is 1. The van der Waals surface area contributed by atoms with Crippen LogP contribution in [-0.2, 0) is 0 Å². The highest BCUT2D eigenvalue weighted by molar-refractivity contribution is 9.10. The molecule has 0 aliphatic heterocycles. The number of nitrogens with zero attached hydrogens (tertiary/aromatic N) is 1. The van der Waals surface area contributed by atoms with Crippen molar-refractivity contribution in [2.24, 2.45) is 0 Å². The van der Waals surface area contributed by atoms with Crippen LogP contribution < -0.4 is 5.32 Å². The summed E-state index contributed by atoms with van der Waals surface area (Å²) in [5.74, 6) is -0.916. The molecule has 0 saturated heterocycles. The molecule has 2 N–H and O–H groups in total. The van der Waals surface area contributed by atoms with Gasteiger partial charge in [0.25, 0.3) is 0 Å². The summed E-state index contributed by atoms with van der Waals surface area (Å²) in [5.41, 5.74) is 1.72. The molecule has 0 fully saturated rings. The zero-order valence-electron chi connectivity index (χ0n) is 10.1. The molecule has 0 radical (unpaired) electrons. The van der Waals surface area contributed by atoms with Crippen molar-refractivity contribution >= 4 is 54.7 Å². The van der Waals surface area contributed by atoms with Crippen LogP contribution in [0.25, 0.3) is 10.1 Å². The zero-order chi connectivity index (χ0) is 14.1. The lowest BCUT2D eigenvalue weighted by Gasteiger charge is -2.07. The van der Waals surface area contributed by atoms with Crippen molar-refractivity contribution < 1.29 is 9.90 Å². The summed E-state index contributed by atoms with van der Waals surface area (Å²) in [6.45, 7) is 0. The second-order valence-electron chi connectivity index (χ2n) is 4.15. The monoisotopic (exact) mass is 348 g/mol. The topological polar surface area (TPSA) is 62.2 Å². The maximum absolute atomic E-state index is 11.0. The lowest BCUT2D eigenvalue weighted by atomic mass is 10.2. The van der Waals surface area contributed by atoms with E-state index in [1.807, 2.05) is 24.3 Å². The second-order valence-corrected chi connectivity index (χ2v) is 6.15. The van der Waals surface area contributed by atoms with Crippen molar-refractivity contribution in [2.75, 3.05) is 5.32 Å². The number of aromatic nitrogens is 1. The number of hydrogen-bond acceptors (Lipinski definition) is 4. The Bertz CT molecular complexity index is 783. The van der Waals surface area contributed by atoms with E-state index in [-0.39, 0.29) is 0 Å². The van der Waals surface area contributed by atoms with Crippen LogP contribution in [0.3, 0.4) is 0 Å². The van der Waals surface area contributed by atoms with Gasteiger partial charge < -0.3 is 10.4 Å². The van der Waals surface area contributed by atoms with Crippen LogP contribution in [0.5, 0.6) is 0 Å². The van der Waals surface area contributed by atoms with Gasteiger partial charge in [-0.3, -0.25) is 4.98 Å². The summed E-state index contributed by atoms with van der Waals surface area (Å²) in [5, 5.41) is 13.2. The number of carboxylic acids is 1. The molecule has 0 spiro atoms. The molecule has 2 aromatic heterocycles. The van der Waals surface area contributed by atoms with Crippen LogP contribution in [0.2, 0.25) is 0 Å². The molecule has 0 saturated carbocycles. The van der Waals surface area contributed by atoms with Gasteiger partial charge in [0.2, 0.25) is 0 Å². The zero-order valence-corrected chi connectivity index (χ0v) is 12.5. The van der Waals surface area contributed by atoms with Crippen LogP contribution in [0.1, 0.15) is 9.67 Å². The van der Waals surface area contributed by atoms with Crippen molar-refractivity contribution in [3.63, 3.8) is 0 Å². The molecular weight excluding hydrogens is 340 g/mol. The van der Waals surface area contributed by atoms with Gasteiger partial charge in [-0.25, -0.2) is 4.79 Å². The first-order valence-corrected chi connectivity index (χ1v) is 7.38. The standard InChI is InChI=1S/C14H9BrN2O2S/c15-8-1-3-9(4-2-8)17-11-6-16-7-13-10(11)5-12(20-13)14(18)19/h1-7,17H,(H,18,19). The molecule has 0 amide bonds. The number of anilines is 2. The molecular formula is C14H9BrN2O2S. The third-order valence-corrected chi connectivity index (χ3v) is 4.37. The van der Waals surface area contributed by atoms with Crippen LogP contribution in [-0.4, -0.2) is 16.1 Å². The second kappa shape index (κ2) is 5.22. The molecule has 20 heavy (non-hydrogen) atoms. The highest BCUT2D eigenvalue weighted by Gasteiger charge is 2.11. The predicted octanol–water partition coefficient (Wildman–Crippen LogP) is 4.50. The molecule has 2 heterocycles. The minimum Gasteiger partial charge on any atom is -0.477 e. The summed E-state index contributed by atoms with van der Waals surface area (Å²) in [4.78, 5) is 15.5. The minimum atomic E-state index is -0.916. The first-order chi connectivity index (χ1) is 9.63. The highest BCUT2D eigenvalue weighted by Crippen LogP contribution is 2.32. The van der Waals surface area contributed by atoms with Crippen LogP contribution in [0.4, 0.5) is 11.4 Å². The molecule has 0 aliphatic rings. The minimum absolute atomic E-state index is 0.312. The van der Waals surface area contributed by atoms with E-state index in [2.05, 4.69) is 26.2 Å². The number of carbonyl (C=O) groups is 1. The lowest BCUT2D eigenvalue weighted by molar-refractivity contribution is 0.0702. The van der Waals surface area contributed by atoms with Gasteiger partial charge in [-0.15, -0.1) is 11.3 Å². The molecule has 0 atom stereocenters. The van der Waals surface area contributed by atoms with Gasteiger partial charge >= 0.3 is 5.97 Å². The van der Waals surface area contributed by atoms with Crippen molar-refractivity contribution in [1.82, 2.24) is 4.98 Å². The van der Waals surface area contributed by atoms with Gasteiger partial charge in [-0.2, -0.15) is 0 Å². The Kier molecular flexibility index (Phi) is 3.42. The van der Waals surface area contributed by atoms with E-state index >= 15 is 0 Å². The van der Waals surface area contributed by atoms with E-state index in [1.165, 1.54) is 11.3 Å². The number of carboxylic acid groups (broad SMARTS) is 1. The Morgan fingerprint density at radius 3 is 2.70 bits per heavy atom. The largest absolute Gasteiger partial charge is 0.477 e. The fourth-order valence-electron chi connectivity index (χ4n) is 1.85. The van der Waals surface area contributed by atoms with Gasteiger partial charge in [0.1, 0.15) is 4.88 Å². The lowest BCUT2D eigenvalue weighted by Crippen LogP contribution is -1.92. The van der Waals surface area contributed by atoms with Crippen molar-refractivity contribution in [1.29, 1.82) is 0 Å². The Morgan fingerprint density at radius 2 is 2.00 bits per heavy atom. The number of thiophene rings is 1. The molecule has 0 unspecified atom stereocenters. The van der Waals surface area contributed by atoms with Gasteiger partial charge in [-0.1, -0.05) is 15.9 Å². The van der Waals surface area contributed by atoms with Crippen LogP contribution in [0, 0.1) is 0 Å². The molecule has 100 valence electrons. The number of hydrogen-bond donors (Lipinski definition) is 2. The maximum atomic E-state index is 11.0. The number of benzene rings is 1. The van der Waals surface area contributed by atoms with E-state index in [0.717, 1.165) is 25.9 Å². The van der Waals surface area contributed by atoms with Crippen LogP contribution in [0.15, 0.2) is 47.2 Å². The Labute approximate surface area is 127 Å². The quantitative estimate of drug-likeness (QED) is 0.731. The number of halogens is 1. The number of pyridine rings is 1. The van der Waals surface area contributed by atoms with Crippen molar-refractivity contribution in [2.45, 2.75) is 0 Å². The average molecular weight is 349 g/mol. The third kappa shape index (κ3) is 2.52. The number of nitrogens with one attached hydrogen (secondary N) is 1. The fourth-order valence-corrected chi connectivity index (χ4v) is 3.01. The summed E-state index contributed by atoms with van der Waals surface area (Å²) in [7, 11) is 0. The third-order valence-electron chi connectivity index (χ3n) is 2.78. The molecule has 0 aliphatic carbocycles. The smallest absolute Gasteiger partial charge is 0.345 e. The van der Waals surface area contributed by atoms with E-state index < -0.39 is 5.97 Å². The average Bonchev–Trinajstić information content (AvgIpc) is 2.87. The van der Waals surface area contributed by atoms with Gasteiger partial charge in [-0.05, 0) is 30.3 Å². The van der Waals surface area contributed by atoms with Gasteiger partial charge in [0.15, 0.2) is 0 Å². The summed E-state index contributed by atoms with van der Waals surface area (Å²) < 4.78 is 1.85. The fraction of sp³-hybridized carbons (Fsp3) is 0.